The maximum Gasteiger partial charge on any atom is 0.148 e. The van der Waals surface area contributed by atoms with Crippen molar-refractivity contribution in [2.24, 2.45) is 0 Å². The van der Waals surface area contributed by atoms with Gasteiger partial charge in [-0.3, -0.25) is 0 Å². The molecule has 0 saturated heterocycles. The molecule has 0 aliphatic heterocycles. The average Bonchev–Trinajstić information content (AvgIpc) is 3.13. The Kier molecular flexibility index (Phi) is 5.65. The number of aliphatic hydroxyl groups is 3. The number of fused-ring (bicyclic) bond motifs is 2. The first kappa shape index (κ1) is 20.2. The van der Waals surface area contributed by atoms with E-state index in [-0.39, 0.29) is 6.73 Å². The van der Waals surface area contributed by atoms with E-state index < -0.39 is 24.9 Å². The summed E-state index contributed by atoms with van der Waals surface area (Å²) in [6.07, 6.45) is 0.0695. The van der Waals surface area contributed by atoms with Gasteiger partial charge in [0.2, 0.25) is 0 Å². The molecular formula is C22H24N4O4. The van der Waals surface area contributed by atoms with E-state index in [2.05, 4.69) is 9.97 Å². The molecule has 2 heterocycles. The number of ether oxygens (including phenoxy) is 1. The summed E-state index contributed by atoms with van der Waals surface area (Å²) in [5.74, 6) is 0.351. The second-order valence-corrected chi connectivity index (χ2v) is 7.24. The van der Waals surface area contributed by atoms with Crippen molar-refractivity contribution in [1.82, 2.24) is 14.5 Å². The van der Waals surface area contributed by atoms with E-state index in [0.717, 1.165) is 21.9 Å². The molecule has 30 heavy (non-hydrogen) atoms. The Bertz CT molecular complexity index is 1170. The molecule has 2 aromatic carbocycles. The number of hydrogen-bond donors (Lipinski definition) is 4. The zero-order valence-corrected chi connectivity index (χ0v) is 16.5. The van der Waals surface area contributed by atoms with E-state index in [1.807, 2.05) is 48.7 Å². The minimum Gasteiger partial charge on any atom is -0.394 e. The number of nitrogens with zero attached hydrogens (tertiary/aromatic N) is 3. The molecule has 156 valence electrons. The predicted octanol–water partition coefficient (Wildman–Crippen LogP) is 1.91. The Hall–Kier alpha value is -3.04. The zero-order valence-electron chi connectivity index (χ0n) is 16.5. The normalized spacial score (nSPS) is 14.8. The maximum atomic E-state index is 10.0. The number of aliphatic hydroxyl groups excluding tert-OH is 3. The number of nitrogens with two attached hydrogens (primary N) is 1. The van der Waals surface area contributed by atoms with Gasteiger partial charge >= 0.3 is 0 Å². The summed E-state index contributed by atoms with van der Waals surface area (Å²) in [7, 11) is 0. The Labute approximate surface area is 173 Å². The Morgan fingerprint density at radius 2 is 1.83 bits per heavy atom. The number of nitrogen functional groups attached to an aromatic ring is 1. The van der Waals surface area contributed by atoms with Crippen LogP contribution in [0.1, 0.15) is 6.92 Å². The highest BCUT2D eigenvalue weighted by Gasteiger charge is 2.24. The van der Waals surface area contributed by atoms with Gasteiger partial charge in [-0.2, -0.15) is 0 Å². The number of anilines is 1. The minimum absolute atomic E-state index is 0.00667. The first-order valence-corrected chi connectivity index (χ1v) is 9.67. The predicted molar refractivity (Wildman–Crippen MR) is 115 cm³/mol. The second kappa shape index (κ2) is 8.37. The smallest absolute Gasteiger partial charge is 0.148 e. The summed E-state index contributed by atoms with van der Waals surface area (Å²) in [6.45, 7) is 1.01. The molecule has 3 atom stereocenters. The molecule has 0 aliphatic carbocycles. The third-order valence-electron chi connectivity index (χ3n) is 5.25. The van der Waals surface area contributed by atoms with Crippen LogP contribution in [0.15, 0.2) is 55.0 Å². The molecule has 0 spiro atoms. The highest BCUT2D eigenvalue weighted by atomic mass is 16.5. The lowest BCUT2D eigenvalue weighted by atomic mass is 9.98. The summed E-state index contributed by atoms with van der Waals surface area (Å²) in [5.41, 5.74) is 8.63. The molecule has 5 N–H and O–H groups in total. The lowest BCUT2D eigenvalue weighted by molar-refractivity contribution is -0.119. The quantitative estimate of drug-likeness (QED) is 0.368. The van der Waals surface area contributed by atoms with Crippen LogP contribution in [0.2, 0.25) is 0 Å². The molecule has 0 aliphatic rings. The van der Waals surface area contributed by atoms with Crippen LogP contribution in [-0.4, -0.2) is 54.8 Å². The highest BCUT2D eigenvalue weighted by molar-refractivity contribution is 6.07. The van der Waals surface area contributed by atoms with Crippen molar-refractivity contribution in [2.45, 2.75) is 32.0 Å². The molecule has 2 aromatic heterocycles. The van der Waals surface area contributed by atoms with Gasteiger partial charge in [-0.05, 0) is 23.3 Å². The van der Waals surface area contributed by atoms with E-state index in [9.17, 15) is 15.3 Å². The van der Waals surface area contributed by atoms with Gasteiger partial charge in [-0.15, -0.1) is 0 Å². The number of rotatable bonds is 7. The van der Waals surface area contributed by atoms with E-state index in [4.69, 9.17) is 10.5 Å². The van der Waals surface area contributed by atoms with Crippen LogP contribution in [0.25, 0.3) is 32.9 Å². The van der Waals surface area contributed by atoms with Crippen LogP contribution in [0.3, 0.4) is 0 Å². The van der Waals surface area contributed by atoms with Crippen molar-refractivity contribution in [2.75, 3.05) is 12.3 Å². The molecule has 4 aromatic rings. The number of aromatic nitrogens is 3. The fourth-order valence-electron chi connectivity index (χ4n) is 3.66. The van der Waals surface area contributed by atoms with E-state index in [1.165, 1.54) is 13.3 Å². The molecule has 3 unspecified atom stereocenters. The Balaban J connectivity index is 1.79. The van der Waals surface area contributed by atoms with Crippen molar-refractivity contribution in [3.63, 3.8) is 0 Å². The van der Waals surface area contributed by atoms with Gasteiger partial charge in [-0.1, -0.05) is 42.5 Å². The van der Waals surface area contributed by atoms with Crippen LogP contribution < -0.4 is 5.73 Å². The fraction of sp³-hybridized carbons (Fsp3) is 0.273. The summed E-state index contributed by atoms with van der Waals surface area (Å²) in [5, 5.41) is 32.0. The number of hydrogen-bond acceptors (Lipinski definition) is 7. The van der Waals surface area contributed by atoms with Crippen LogP contribution >= 0.6 is 0 Å². The van der Waals surface area contributed by atoms with Crippen molar-refractivity contribution >= 4 is 27.6 Å². The molecule has 0 saturated carbocycles. The molecule has 8 nitrogen and oxygen atoms in total. The molecule has 0 amide bonds. The molecule has 0 radical (unpaired) electrons. The van der Waals surface area contributed by atoms with Gasteiger partial charge in [0, 0.05) is 11.8 Å². The SMILES string of the molecule is CC(O)C(O)C(CO)OCn1cc(-c2cccc3ccccc23)c2c(N)ncnc21. The minimum atomic E-state index is -1.21. The van der Waals surface area contributed by atoms with Gasteiger partial charge < -0.3 is 30.4 Å². The summed E-state index contributed by atoms with van der Waals surface area (Å²) in [6, 6.07) is 14.1. The molecular weight excluding hydrogens is 384 g/mol. The third-order valence-corrected chi connectivity index (χ3v) is 5.25. The second-order valence-electron chi connectivity index (χ2n) is 7.24. The van der Waals surface area contributed by atoms with Crippen molar-refractivity contribution in [3.05, 3.63) is 55.0 Å². The molecule has 8 heteroatoms. The lowest BCUT2D eigenvalue weighted by Gasteiger charge is -2.23. The van der Waals surface area contributed by atoms with Gasteiger partial charge in [0.15, 0.2) is 0 Å². The molecule has 0 bridgehead atoms. The largest absolute Gasteiger partial charge is 0.394 e. The summed E-state index contributed by atoms with van der Waals surface area (Å²) >= 11 is 0. The summed E-state index contributed by atoms with van der Waals surface area (Å²) < 4.78 is 7.44. The first-order chi connectivity index (χ1) is 14.5. The van der Waals surface area contributed by atoms with Crippen molar-refractivity contribution in [1.29, 1.82) is 0 Å². The number of benzene rings is 2. The standard InChI is InChI=1S/C22H24N4O4/c1-13(28)20(29)18(10-27)30-12-26-9-17(19-21(23)24-11-25-22(19)26)16-8-4-6-14-5-2-3-7-15(14)16/h2-9,11,13,18,20,27-29H,10,12H2,1H3,(H2,23,24,25). The topological polar surface area (TPSA) is 127 Å². The van der Waals surface area contributed by atoms with Crippen LogP contribution in [-0.2, 0) is 11.5 Å². The molecule has 0 fully saturated rings. The Morgan fingerprint density at radius 3 is 2.60 bits per heavy atom. The van der Waals surface area contributed by atoms with Gasteiger partial charge in [0.1, 0.15) is 36.7 Å². The third kappa shape index (κ3) is 3.61. The van der Waals surface area contributed by atoms with Crippen molar-refractivity contribution in [3.8, 4) is 11.1 Å². The Morgan fingerprint density at radius 1 is 1.07 bits per heavy atom. The van der Waals surface area contributed by atoms with E-state index >= 15 is 0 Å². The van der Waals surface area contributed by atoms with Gasteiger partial charge in [0.25, 0.3) is 0 Å². The monoisotopic (exact) mass is 408 g/mol. The zero-order chi connectivity index (χ0) is 21.3. The first-order valence-electron chi connectivity index (χ1n) is 9.67. The van der Waals surface area contributed by atoms with Gasteiger partial charge in [-0.25, -0.2) is 9.97 Å². The maximum absolute atomic E-state index is 10.0. The average molecular weight is 408 g/mol. The summed E-state index contributed by atoms with van der Waals surface area (Å²) in [4.78, 5) is 8.52. The van der Waals surface area contributed by atoms with Gasteiger partial charge in [0.05, 0.1) is 18.1 Å². The van der Waals surface area contributed by atoms with Crippen LogP contribution in [0, 0.1) is 0 Å². The van der Waals surface area contributed by atoms with Crippen LogP contribution in [0.5, 0.6) is 0 Å². The van der Waals surface area contributed by atoms with Crippen molar-refractivity contribution < 1.29 is 20.1 Å². The lowest BCUT2D eigenvalue weighted by Crippen LogP contribution is -2.40. The molecule has 4 rings (SSSR count). The highest BCUT2D eigenvalue weighted by Crippen LogP contribution is 2.36. The van der Waals surface area contributed by atoms with E-state index in [0.29, 0.717) is 16.9 Å². The fourth-order valence-corrected chi connectivity index (χ4v) is 3.66. The van der Waals surface area contributed by atoms with Crippen LogP contribution in [0.4, 0.5) is 5.82 Å². The van der Waals surface area contributed by atoms with E-state index in [1.54, 1.807) is 4.57 Å².